The zero-order chi connectivity index (χ0) is 37.0. The van der Waals surface area contributed by atoms with Crippen LogP contribution in [-0.4, -0.2) is 15.0 Å². The summed E-state index contributed by atoms with van der Waals surface area (Å²) in [6, 6.07) is 57.2. The van der Waals surface area contributed by atoms with Gasteiger partial charge in [-0.2, -0.15) is 0 Å². The van der Waals surface area contributed by atoms with Crippen molar-refractivity contribution < 1.29 is 4.42 Å². The first-order valence-corrected chi connectivity index (χ1v) is 19.8. The van der Waals surface area contributed by atoms with E-state index >= 15 is 0 Å². The Balaban J connectivity index is 1.10. The lowest BCUT2D eigenvalue weighted by Gasteiger charge is -2.19. The van der Waals surface area contributed by atoms with E-state index in [4.69, 9.17) is 19.4 Å². The second kappa shape index (κ2) is 13.4. The van der Waals surface area contributed by atoms with Crippen LogP contribution < -0.4 is 0 Å². The van der Waals surface area contributed by atoms with Crippen LogP contribution in [0.3, 0.4) is 0 Å². The van der Waals surface area contributed by atoms with E-state index in [9.17, 15) is 0 Å². The lowest BCUT2D eigenvalue weighted by molar-refractivity contribution is 0.669. The van der Waals surface area contributed by atoms with Gasteiger partial charge in [-0.05, 0) is 64.6 Å². The standard InChI is InChI=1S/C51H33N3OS/c1-4-14-32(15-5-1)33-26-28-34(29-27-33)37-30-42(47-39-20-10-11-25-44(39)56-45(47)31-37)38-21-13-24-43-46(38)40-22-12-23-41(48(40)55-43)51-53-49(35-16-6-2-7-17-35)52-50(54-51)36-18-8-3-9-19-36/h1-28,30-31,34H,29H2. The molecule has 1 unspecified atom stereocenters. The Bertz CT molecular complexity index is 3100. The summed E-state index contributed by atoms with van der Waals surface area (Å²) in [7, 11) is 0. The van der Waals surface area contributed by atoms with E-state index in [1.807, 2.05) is 72.0 Å². The summed E-state index contributed by atoms with van der Waals surface area (Å²) in [5, 5.41) is 4.67. The van der Waals surface area contributed by atoms with Crippen molar-refractivity contribution in [2.75, 3.05) is 0 Å². The smallest absolute Gasteiger partial charge is 0.167 e. The maximum Gasteiger partial charge on any atom is 0.167 e. The van der Waals surface area contributed by atoms with E-state index in [-0.39, 0.29) is 5.92 Å². The van der Waals surface area contributed by atoms with Crippen LogP contribution in [0.15, 0.2) is 186 Å². The number of allylic oxidation sites excluding steroid dienone is 4. The van der Waals surface area contributed by atoms with E-state index < -0.39 is 0 Å². The Hall–Kier alpha value is -6.95. The molecule has 264 valence electrons. The second-order valence-corrected chi connectivity index (χ2v) is 15.4. The van der Waals surface area contributed by atoms with Crippen LogP contribution in [0.1, 0.15) is 23.5 Å². The Morgan fingerprint density at radius 1 is 0.500 bits per heavy atom. The maximum atomic E-state index is 6.86. The van der Waals surface area contributed by atoms with Crippen LogP contribution >= 0.6 is 11.3 Å². The highest BCUT2D eigenvalue weighted by atomic mass is 32.1. The molecule has 0 N–H and O–H groups in total. The van der Waals surface area contributed by atoms with Gasteiger partial charge in [-0.3, -0.25) is 0 Å². The molecular weight excluding hydrogens is 703 g/mol. The molecule has 5 heteroatoms. The minimum absolute atomic E-state index is 0.268. The number of fused-ring (bicyclic) bond motifs is 6. The third-order valence-corrected chi connectivity index (χ3v) is 12.0. The van der Waals surface area contributed by atoms with Gasteiger partial charge in [-0.25, -0.2) is 15.0 Å². The molecule has 7 aromatic carbocycles. The molecular formula is C51H33N3OS. The quantitative estimate of drug-likeness (QED) is 0.171. The summed E-state index contributed by atoms with van der Waals surface area (Å²) in [6.45, 7) is 0. The number of rotatable bonds is 6. The van der Waals surface area contributed by atoms with Gasteiger partial charge < -0.3 is 4.42 Å². The zero-order valence-electron chi connectivity index (χ0n) is 30.3. The van der Waals surface area contributed by atoms with E-state index in [2.05, 4.69) is 121 Å². The Labute approximate surface area is 327 Å². The Kier molecular flexibility index (Phi) is 7.78. The van der Waals surface area contributed by atoms with Crippen molar-refractivity contribution in [3.63, 3.8) is 0 Å². The summed E-state index contributed by atoms with van der Waals surface area (Å²) in [5.74, 6) is 2.08. The number of furan rings is 1. The number of nitrogens with zero attached hydrogens (tertiary/aromatic N) is 3. The fourth-order valence-corrected chi connectivity index (χ4v) is 9.37. The van der Waals surface area contributed by atoms with Gasteiger partial charge in [0.25, 0.3) is 0 Å². The van der Waals surface area contributed by atoms with Crippen molar-refractivity contribution in [1.82, 2.24) is 15.0 Å². The molecule has 4 nitrogen and oxygen atoms in total. The minimum atomic E-state index is 0.268. The average molecular weight is 736 g/mol. The van der Waals surface area contributed by atoms with E-state index in [0.717, 1.165) is 50.6 Å². The molecule has 0 aliphatic heterocycles. The molecule has 3 aromatic heterocycles. The largest absolute Gasteiger partial charge is 0.455 e. The van der Waals surface area contributed by atoms with E-state index in [0.29, 0.717) is 17.5 Å². The first kappa shape index (κ1) is 32.5. The molecule has 1 aliphatic rings. The van der Waals surface area contributed by atoms with Gasteiger partial charge in [-0.1, -0.05) is 152 Å². The van der Waals surface area contributed by atoms with Crippen LogP contribution in [0, 0.1) is 0 Å². The average Bonchev–Trinajstić information content (AvgIpc) is 3.86. The van der Waals surface area contributed by atoms with Crippen LogP contribution in [-0.2, 0) is 0 Å². The molecule has 0 saturated carbocycles. The summed E-state index contributed by atoms with van der Waals surface area (Å²) < 4.78 is 9.44. The highest BCUT2D eigenvalue weighted by Gasteiger charge is 2.23. The molecule has 0 amide bonds. The predicted octanol–water partition coefficient (Wildman–Crippen LogP) is 13.9. The van der Waals surface area contributed by atoms with Crippen molar-refractivity contribution in [2.45, 2.75) is 12.3 Å². The van der Waals surface area contributed by atoms with E-state index in [1.54, 1.807) is 0 Å². The minimum Gasteiger partial charge on any atom is -0.455 e. The number of benzene rings is 7. The number of aromatic nitrogens is 3. The van der Waals surface area contributed by atoms with Gasteiger partial charge in [0, 0.05) is 48.0 Å². The highest BCUT2D eigenvalue weighted by Crippen LogP contribution is 2.47. The molecule has 3 heterocycles. The summed E-state index contributed by atoms with van der Waals surface area (Å²) in [5.41, 5.74) is 10.5. The third kappa shape index (κ3) is 5.55. The van der Waals surface area contributed by atoms with Gasteiger partial charge in [0.1, 0.15) is 11.2 Å². The second-order valence-electron chi connectivity index (χ2n) is 14.3. The fourth-order valence-electron chi connectivity index (χ4n) is 8.19. The molecule has 56 heavy (non-hydrogen) atoms. The monoisotopic (exact) mass is 735 g/mol. The number of thiophene rings is 1. The predicted molar refractivity (Wildman–Crippen MR) is 233 cm³/mol. The topological polar surface area (TPSA) is 51.8 Å². The molecule has 0 saturated heterocycles. The number of hydrogen-bond acceptors (Lipinski definition) is 5. The first-order chi connectivity index (χ1) is 27.7. The van der Waals surface area contributed by atoms with Gasteiger partial charge in [-0.15, -0.1) is 11.3 Å². The van der Waals surface area contributed by atoms with Crippen LogP contribution in [0.2, 0.25) is 0 Å². The van der Waals surface area contributed by atoms with Crippen molar-refractivity contribution in [3.8, 4) is 45.3 Å². The first-order valence-electron chi connectivity index (χ1n) is 19.0. The molecule has 1 aliphatic carbocycles. The van der Waals surface area contributed by atoms with Crippen molar-refractivity contribution in [2.24, 2.45) is 0 Å². The van der Waals surface area contributed by atoms with Crippen molar-refractivity contribution in [3.05, 3.63) is 193 Å². The lowest BCUT2D eigenvalue weighted by atomic mass is 9.85. The van der Waals surface area contributed by atoms with Gasteiger partial charge in [0.05, 0.1) is 5.56 Å². The SMILES string of the molecule is C1=CC(c2cc(-c3cccc4oc5c(-c6nc(-c7ccccc7)nc(-c7ccccc7)n6)cccc5c34)c3c(c2)sc2ccccc23)CC=C1c1ccccc1. The molecule has 0 radical (unpaired) electrons. The molecule has 11 rings (SSSR count). The van der Waals surface area contributed by atoms with Crippen molar-refractivity contribution >= 4 is 59.0 Å². The highest BCUT2D eigenvalue weighted by molar-refractivity contribution is 7.26. The van der Waals surface area contributed by atoms with Crippen LogP contribution in [0.25, 0.3) is 93.0 Å². The third-order valence-electron chi connectivity index (χ3n) is 10.9. The fraction of sp³-hybridized carbons (Fsp3) is 0.0392. The summed E-state index contributed by atoms with van der Waals surface area (Å²) >= 11 is 1.87. The number of para-hydroxylation sites is 1. The summed E-state index contributed by atoms with van der Waals surface area (Å²) in [6.07, 6.45) is 8.00. The molecule has 0 spiro atoms. The van der Waals surface area contributed by atoms with Gasteiger partial charge in [0.2, 0.25) is 0 Å². The Morgan fingerprint density at radius 3 is 1.84 bits per heavy atom. The lowest BCUT2D eigenvalue weighted by Crippen LogP contribution is -2.00. The molecule has 0 fully saturated rings. The van der Waals surface area contributed by atoms with Crippen LogP contribution in [0.5, 0.6) is 0 Å². The van der Waals surface area contributed by atoms with Gasteiger partial charge in [0.15, 0.2) is 17.5 Å². The maximum absolute atomic E-state index is 6.86. The van der Waals surface area contributed by atoms with Gasteiger partial charge >= 0.3 is 0 Å². The summed E-state index contributed by atoms with van der Waals surface area (Å²) in [4.78, 5) is 15.1. The van der Waals surface area contributed by atoms with E-state index in [1.165, 1.54) is 42.4 Å². The van der Waals surface area contributed by atoms with Crippen molar-refractivity contribution in [1.29, 1.82) is 0 Å². The zero-order valence-corrected chi connectivity index (χ0v) is 31.1. The van der Waals surface area contributed by atoms with Crippen LogP contribution in [0.4, 0.5) is 0 Å². The molecule has 0 bridgehead atoms. The number of hydrogen-bond donors (Lipinski definition) is 0. The Morgan fingerprint density at radius 2 is 1.12 bits per heavy atom. The normalized spacial score (nSPS) is 14.2. The molecule has 1 atom stereocenters. The molecule has 10 aromatic rings.